The molecule has 13 heavy (non-hydrogen) atoms. The number of rotatable bonds is 4. The van der Waals surface area contributed by atoms with E-state index in [4.69, 9.17) is 0 Å². The molecule has 0 bridgehead atoms. The Morgan fingerprint density at radius 3 is 2.00 bits per heavy atom. The van der Waals surface area contributed by atoms with Crippen molar-refractivity contribution in [2.45, 2.75) is 53.2 Å². The number of hydrogen-bond acceptors (Lipinski definition) is 3. The van der Waals surface area contributed by atoms with E-state index in [1.54, 1.807) is 0 Å². The minimum atomic E-state index is -1.21. The van der Waals surface area contributed by atoms with E-state index in [-0.39, 0.29) is 18.4 Å². The fourth-order valence-corrected chi connectivity index (χ4v) is 0.513. The SMILES string of the molecule is CC.CC(C)NCC(=O)C(C)(C)O. The van der Waals surface area contributed by atoms with Crippen molar-refractivity contribution in [3.8, 4) is 0 Å². The summed E-state index contributed by atoms with van der Waals surface area (Å²) < 4.78 is 0. The highest BCUT2D eigenvalue weighted by atomic mass is 16.3. The first-order chi connectivity index (χ1) is 5.84. The molecule has 0 aliphatic heterocycles. The van der Waals surface area contributed by atoms with Gasteiger partial charge in [0.1, 0.15) is 5.60 Å². The second kappa shape index (κ2) is 7.04. The molecule has 0 radical (unpaired) electrons. The predicted octanol–water partition coefficient (Wildman–Crippen LogP) is 1.35. The van der Waals surface area contributed by atoms with Gasteiger partial charge in [0.05, 0.1) is 6.54 Å². The molecule has 2 N–H and O–H groups in total. The van der Waals surface area contributed by atoms with Crippen LogP contribution in [0.3, 0.4) is 0 Å². The summed E-state index contributed by atoms with van der Waals surface area (Å²) in [5.74, 6) is -0.175. The lowest BCUT2D eigenvalue weighted by atomic mass is 10.0. The van der Waals surface area contributed by atoms with Crippen molar-refractivity contribution < 1.29 is 9.90 Å². The third-order valence-corrected chi connectivity index (χ3v) is 1.35. The van der Waals surface area contributed by atoms with Gasteiger partial charge in [0, 0.05) is 6.04 Å². The van der Waals surface area contributed by atoms with E-state index < -0.39 is 5.60 Å². The summed E-state index contributed by atoms with van der Waals surface area (Å²) >= 11 is 0. The van der Waals surface area contributed by atoms with Gasteiger partial charge in [-0.3, -0.25) is 4.79 Å². The number of carbonyl (C=O) groups excluding carboxylic acids is 1. The van der Waals surface area contributed by atoms with E-state index in [1.165, 1.54) is 13.8 Å². The topological polar surface area (TPSA) is 49.3 Å². The second-order valence-corrected chi connectivity index (χ2v) is 3.52. The van der Waals surface area contributed by atoms with E-state index in [1.807, 2.05) is 27.7 Å². The van der Waals surface area contributed by atoms with Gasteiger partial charge in [-0.2, -0.15) is 0 Å². The fraction of sp³-hybridized carbons (Fsp3) is 0.900. The van der Waals surface area contributed by atoms with Crippen molar-refractivity contribution in [2.24, 2.45) is 0 Å². The second-order valence-electron chi connectivity index (χ2n) is 3.52. The monoisotopic (exact) mass is 189 g/mol. The summed E-state index contributed by atoms with van der Waals surface area (Å²) in [6.07, 6.45) is 0. The van der Waals surface area contributed by atoms with Crippen molar-refractivity contribution in [1.29, 1.82) is 0 Å². The van der Waals surface area contributed by atoms with Gasteiger partial charge in [0.25, 0.3) is 0 Å². The van der Waals surface area contributed by atoms with Crippen molar-refractivity contribution in [3.63, 3.8) is 0 Å². The first-order valence-corrected chi connectivity index (χ1v) is 4.83. The van der Waals surface area contributed by atoms with Crippen LogP contribution in [0.15, 0.2) is 0 Å². The van der Waals surface area contributed by atoms with E-state index in [2.05, 4.69) is 5.32 Å². The first kappa shape index (κ1) is 15.1. The lowest BCUT2D eigenvalue weighted by Crippen LogP contribution is -2.40. The number of hydrogen-bond donors (Lipinski definition) is 2. The summed E-state index contributed by atoms with van der Waals surface area (Å²) in [5.41, 5.74) is -1.21. The molecular formula is C10H23NO2. The largest absolute Gasteiger partial charge is 0.383 e. The van der Waals surface area contributed by atoms with Gasteiger partial charge >= 0.3 is 0 Å². The standard InChI is InChI=1S/C8H17NO2.C2H6/c1-6(2)9-5-7(10)8(3,4)11;1-2/h6,9,11H,5H2,1-4H3;1-2H3. The van der Waals surface area contributed by atoms with E-state index >= 15 is 0 Å². The first-order valence-electron chi connectivity index (χ1n) is 4.83. The maximum atomic E-state index is 11.1. The quantitative estimate of drug-likeness (QED) is 0.702. The Morgan fingerprint density at radius 1 is 1.38 bits per heavy atom. The Kier molecular flexibility index (Phi) is 8.16. The molecule has 0 amide bonds. The highest BCUT2D eigenvalue weighted by Crippen LogP contribution is 2.01. The van der Waals surface area contributed by atoms with Gasteiger partial charge in [-0.1, -0.05) is 27.7 Å². The van der Waals surface area contributed by atoms with Crippen molar-refractivity contribution in [2.75, 3.05) is 6.54 Å². The molecule has 0 saturated carbocycles. The van der Waals surface area contributed by atoms with Gasteiger partial charge in [0.2, 0.25) is 0 Å². The Morgan fingerprint density at radius 2 is 1.77 bits per heavy atom. The van der Waals surface area contributed by atoms with E-state index in [9.17, 15) is 9.90 Å². The minimum Gasteiger partial charge on any atom is -0.383 e. The van der Waals surface area contributed by atoms with Crippen LogP contribution in [0, 0.1) is 0 Å². The molecule has 3 nitrogen and oxygen atoms in total. The van der Waals surface area contributed by atoms with E-state index in [0.717, 1.165) is 0 Å². The van der Waals surface area contributed by atoms with E-state index in [0.29, 0.717) is 0 Å². The normalized spacial score (nSPS) is 10.8. The lowest BCUT2D eigenvalue weighted by molar-refractivity contribution is -0.133. The zero-order valence-electron chi connectivity index (χ0n) is 9.64. The van der Waals surface area contributed by atoms with Crippen molar-refractivity contribution >= 4 is 5.78 Å². The van der Waals surface area contributed by atoms with Gasteiger partial charge in [-0.05, 0) is 13.8 Å². The maximum Gasteiger partial charge on any atom is 0.177 e. The average Bonchev–Trinajstić information content (AvgIpc) is 2.02. The Labute approximate surface area is 81.5 Å². The predicted molar refractivity (Wildman–Crippen MR) is 55.8 cm³/mol. The van der Waals surface area contributed by atoms with Gasteiger partial charge < -0.3 is 10.4 Å². The zero-order valence-corrected chi connectivity index (χ0v) is 9.64. The Bertz CT molecular complexity index is 136. The smallest absolute Gasteiger partial charge is 0.177 e. The summed E-state index contributed by atoms with van der Waals surface area (Å²) in [4.78, 5) is 11.1. The minimum absolute atomic E-state index is 0.175. The third kappa shape index (κ3) is 9.50. The molecule has 3 heteroatoms. The van der Waals surface area contributed by atoms with Crippen LogP contribution in [0.1, 0.15) is 41.5 Å². The molecule has 0 saturated heterocycles. The average molecular weight is 189 g/mol. The molecule has 0 aromatic rings. The molecular weight excluding hydrogens is 166 g/mol. The Balaban J connectivity index is 0. The number of ketones is 1. The van der Waals surface area contributed by atoms with Crippen LogP contribution in [0.5, 0.6) is 0 Å². The summed E-state index contributed by atoms with van der Waals surface area (Å²) in [6, 6.07) is 0.279. The third-order valence-electron chi connectivity index (χ3n) is 1.35. The highest BCUT2D eigenvalue weighted by molar-refractivity contribution is 5.87. The van der Waals surface area contributed by atoms with Crippen molar-refractivity contribution in [1.82, 2.24) is 5.32 Å². The Hall–Kier alpha value is -0.410. The number of Topliss-reactive ketones (excluding diaryl/α,β-unsaturated/α-hetero) is 1. The molecule has 0 heterocycles. The van der Waals surface area contributed by atoms with Gasteiger partial charge in [0.15, 0.2) is 5.78 Å². The number of carbonyl (C=O) groups is 1. The molecule has 0 atom stereocenters. The number of aliphatic hydroxyl groups is 1. The fourth-order valence-electron chi connectivity index (χ4n) is 0.513. The van der Waals surface area contributed by atoms with Gasteiger partial charge in [-0.15, -0.1) is 0 Å². The maximum absolute atomic E-state index is 11.1. The summed E-state index contributed by atoms with van der Waals surface area (Å²) in [5, 5.41) is 12.2. The molecule has 0 aliphatic carbocycles. The highest BCUT2D eigenvalue weighted by Gasteiger charge is 2.22. The molecule has 0 unspecified atom stereocenters. The van der Waals surface area contributed by atoms with Crippen LogP contribution in [0.2, 0.25) is 0 Å². The molecule has 0 aromatic carbocycles. The molecule has 80 valence electrons. The lowest BCUT2D eigenvalue weighted by Gasteiger charge is -2.16. The molecule has 0 aromatic heterocycles. The zero-order chi connectivity index (χ0) is 11.1. The van der Waals surface area contributed by atoms with Crippen LogP contribution in [-0.4, -0.2) is 29.1 Å². The van der Waals surface area contributed by atoms with Crippen LogP contribution in [-0.2, 0) is 4.79 Å². The van der Waals surface area contributed by atoms with Crippen LogP contribution in [0.25, 0.3) is 0 Å². The molecule has 0 spiro atoms. The molecule has 0 aliphatic rings. The molecule has 0 fully saturated rings. The summed E-state index contributed by atoms with van der Waals surface area (Å²) in [7, 11) is 0. The van der Waals surface area contributed by atoms with Crippen LogP contribution in [0.4, 0.5) is 0 Å². The van der Waals surface area contributed by atoms with Gasteiger partial charge in [-0.25, -0.2) is 0 Å². The molecule has 0 rings (SSSR count). The van der Waals surface area contributed by atoms with Crippen molar-refractivity contribution in [3.05, 3.63) is 0 Å². The summed E-state index contributed by atoms with van der Waals surface area (Å²) in [6.45, 7) is 11.1. The number of nitrogens with one attached hydrogen (secondary N) is 1. The van der Waals surface area contributed by atoms with Crippen LogP contribution >= 0.6 is 0 Å². The van der Waals surface area contributed by atoms with Crippen LogP contribution < -0.4 is 5.32 Å².